The first-order chi connectivity index (χ1) is 13.0. The van der Waals surface area contributed by atoms with Crippen LogP contribution in [0.3, 0.4) is 0 Å². The van der Waals surface area contributed by atoms with E-state index in [9.17, 15) is 14.7 Å². The van der Waals surface area contributed by atoms with Crippen molar-refractivity contribution in [3.05, 3.63) is 53.6 Å². The van der Waals surface area contributed by atoms with Crippen LogP contribution in [-0.4, -0.2) is 59.8 Å². The third kappa shape index (κ3) is 4.31. The fraction of sp³-hybridized carbons (Fsp3) is 0.300. The number of aryl methyl sites for hydroxylation is 1. The molecule has 142 valence electrons. The summed E-state index contributed by atoms with van der Waals surface area (Å²) in [4.78, 5) is 27.3. The van der Waals surface area contributed by atoms with E-state index in [0.29, 0.717) is 37.6 Å². The number of hydrogen-bond acceptors (Lipinski definition) is 5. The van der Waals surface area contributed by atoms with Gasteiger partial charge in [0.1, 0.15) is 17.1 Å². The van der Waals surface area contributed by atoms with Gasteiger partial charge < -0.3 is 24.7 Å². The lowest BCUT2D eigenvalue weighted by Crippen LogP contribution is -2.50. The van der Waals surface area contributed by atoms with Crippen LogP contribution in [0.15, 0.2) is 42.5 Å². The molecule has 0 bridgehead atoms. The lowest BCUT2D eigenvalue weighted by molar-refractivity contribution is -0.133. The molecule has 0 spiro atoms. The van der Waals surface area contributed by atoms with Gasteiger partial charge in [-0.15, -0.1) is 0 Å². The number of carboxylic acids is 1. The Balaban J connectivity index is 1.55. The van der Waals surface area contributed by atoms with E-state index in [2.05, 4.69) is 0 Å². The molecule has 1 amide bonds. The average Bonchev–Trinajstić information content (AvgIpc) is 2.67. The van der Waals surface area contributed by atoms with Crippen LogP contribution in [0.1, 0.15) is 15.9 Å². The topological polar surface area (TPSA) is 90.3 Å². The van der Waals surface area contributed by atoms with Crippen LogP contribution >= 0.6 is 0 Å². The third-order valence-corrected chi connectivity index (χ3v) is 4.65. The number of hydrogen-bond donors (Lipinski definition) is 2. The SMILES string of the molecule is Cc1ccccc1OCC(=O)N1CCN(c2ccc(O)c(C(=O)O)c2)CC1. The lowest BCUT2D eigenvalue weighted by atomic mass is 10.1. The Bertz CT molecular complexity index is 844. The molecule has 7 heteroatoms. The second-order valence-electron chi connectivity index (χ2n) is 6.43. The largest absolute Gasteiger partial charge is 0.507 e. The number of carbonyl (C=O) groups is 2. The van der Waals surface area contributed by atoms with Crippen molar-refractivity contribution in [2.45, 2.75) is 6.92 Å². The highest BCUT2D eigenvalue weighted by Gasteiger charge is 2.23. The highest BCUT2D eigenvalue weighted by molar-refractivity contribution is 5.92. The van der Waals surface area contributed by atoms with Crippen molar-refractivity contribution in [1.82, 2.24) is 4.90 Å². The molecule has 1 heterocycles. The first-order valence-electron chi connectivity index (χ1n) is 8.73. The molecule has 1 aliphatic heterocycles. The van der Waals surface area contributed by atoms with Crippen LogP contribution in [0.25, 0.3) is 0 Å². The molecule has 0 aliphatic carbocycles. The molecule has 2 aromatic carbocycles. The van der Waals surface area contributed by atoms with Gasteiger partial charge in [0.25, 0.3) is 5.91 Å². The Morgan fingerprint density at radius 2 is 1.78 bits per heavy atom. The standard InChI is InChI=1S/C20H22N2O5/c1-14-4-2-3-5-18(14)27-13-19(24)22-10-8-21(9-11-22)15-6-7-17(23)16(12-15)20(25)26/h2-7,12,23H,8-11,13H2,1H3,(H,25,26). The number of ether oxygens (including phenoxy) is 1. The minimum absolute atomic E-state index is 0.00672. The number of amides is 1. The van der Waals surface area contributed by atoms with Crippen molar-refractivity contribution in [1.29, 1.82) is 0 Å². The summed E-state index contributed by atoms with van der Waals surface area (Å²) < 4.78 is 5.62. The van der Waals surface area contributed by atoms with Crippen LogP contribution < -0.4 is 9.64 Å². The minimum Gasteiger partial charge on any atom is -0.507 e. The molecule has 0 atom stereocenters. The minimum atomic E-state index is -1.17. The van der Waals surface area contributed by atoms with Gasteiger partial charge in [-0.3, -0.25) is 4.79 Å². The molecule has 2 N–H and O–H groups in total. The van der Waals surface area contributed by atoms with Gasteiger partial charge in [-0.25, -0.2) is 4.79 Å². The average molecular weight is 370 g/mol. The Morgan fingerprint density at radius 1 is 1.07 bits per heavy atom. The molecular formula is C20H22N2O5. The summed E-state index contributed by atoms with van der Waals surface area (Å²) in [6.45, 7) is 4.15. The monoisotopic (exact) mass is 370 g/mol. The van der Waals surface area contributed by atoms with Crippen LogP contribution in [0.2, 0.25) is 0 Å². The zero-order chi connectivity index (χ0) is 19.4. The normalized spacial score (nSPS) is 14.1. The van der Waals surface area contributed by atoms with Crippen LogP contribution in [-0.2, 0) is 4.79 Å². The van der Waals surface area contributed by atoms with Gasteiger partial charge in [0.15, 0.2) is 6.61 Å². The van der Waals surface area contributed by atoms with E-state index in [4.69, 9.17) is 9.84 Å². The van der Waals surface area contributed by atoms with Gasteiger partial charge in [0.05, 0.1) is 0 Å². The molecule has 0 radical (unpaired) electrons. The number of carbonyl (C=O) groups excluding carboxylic acids is 1. The molecular weight excluding hydrogens is 348 g/mol. The Hall–Kier alpha value is -3.22. The second kappa shape index (κ2) is 7.99. The molecule has 7 nitrogen and oxygen atoms in total. The highest BCUT2D eigenvalue weighted by atomic mass is 16.5. The van der Waals surface area contributed by atoms with Crippen LogP contribution in [0.4, 0.5) is 5.69 Å². The number of rotatable bonds is 5. The van der Waals surface area contributed by atoms with Gasteiger partial charge in [0, 0.05) is 31.9 Å². The number of phenols is 1. The summed E-state index contributed by atoms with van der Waals surface area (Å²) >= 11 is 0. The maximum atomic E-state index is 12.4. The van der Waals surface area contributed by atoms with Crippen molar-refractivity contribution in [2.24, 2.45) is 0 Å². The number of aromatic hydroxyl groups is 1. The number of piperazine rings is 1. The van der Waals surface area contributed by atoms with Gasteiger partial charge in [0.2, 0.25) is 0 Å². The van der Waals surface area contributed by atoms with Crippen molar-refractivity contribution in [3.63, 3.8) is 0 Å². The van der Waals surface area contributed by atoms with E-state index in [1.54, 1.807) is 11.0 Å². The summed E-state index contributed by atoms with van der Waals surface area (Å²) in [7, 11) is 0. The van der Waals surface area contributed by atoms with Crippen molar-refractivity contribution < 1.29 is 24.5 Å². The van der Waals surface area contributed by atoms with Crippen molar-refractivity contribution >= 4 is 17.6 Å². The summed E-state index contributed by atoms with van der Waals surface area (Å²) in [6, 6.07) is 12.1. The van der Waals surface area contributed by atoms with Crippen LogP contribution in [0.5, 0.6) is 11.5 Å². The van der Waals surface area contributed by atoms with E-state index >= 15 is 0 Å². The number of para-hydroxylation sites is 1. The fourth-order valence-electron chi connectivity index (χ4n) is 3.06. The van der Waals surface area contributed by atoms with Crippen molar-refractivity contribution in [2.75, 3.05) is 37.7 Å². The van der Waals surface area contributed by atoms with Crippen molar-refractivity contribution in [3.8, 4) is 11.5 Å². The van der Waals surface area contributed by atoms with E-state index in [-0.39, 0.29) is 23.8 Å². The molecule has 3 rings (SSSR count). The molecule has 0 aromatic heterocycles. The number of anilines is 1. The summed E-state index contributed by atoms with van der Waals surface area (Å²) in [6.07, 6.45) is 0. The zero-order valence-corrected chi connectivity index (χ0v) is 15.1. The van der Waals surface area contributed by atoms with Gasteiger partial charge in [-0.2, -0.15) is 0 Å². The molecule has 0 saturated carbocycles. The first kappa shape index (κ1) is 18.6. The van der Waals surface area contributed by atoms with Gasteiger partial charge in [-0.1, -0.05) is 18.2 Å². The molecule has 1 fully saturated rings. The Kier molecular flexibility index (Phi) is 5.49. The van der Waals surface area contributed by atoms with E-state index < -0.39 is 5.97 Å². The molecule has 2 aromatic rings. The Labute approximate surface area is 157 Å². The lowest BCUT2D eigenvalue weighted by Gasteiger charge is -2.36. The Morgan fingerprint density at radius 3 is 2.44 bits per heavy atom. The second-order valence-corrected chi connectivity index (χ2v) is 6.43. The summed E-state index contributed by atoms with van der Waals surface area (Å²) in [5.41, 5.74) is 1.57. The van der Waals surface area contributed by atoms with E-state index in [1.807, 2.05) is 36.1 Å². The maximum absolute atomic E-state index is 12.4. The number of benzene rings is 2. The summed E-state index contributed by atoms with van der Waals surface area (Å²) in [5, 5.41) is 18.8. The maximum Gasteiger partial charge on any atom is 0.339 e. The predicted molar refractivity (Wildman–Crippen MR) is 101 cm³/mol. The highest BCUT2D eigenvalue weighted by Crippen LogP contribution is 2.25. The summed E-state index contributed by atoms with van der Waals surface area (Å²) in [5.74, 6) is -0.797. The number of nitrogens with zero attached hydrogens (tertiary/aromatic N) is 2. The molecule has 1 saturated heterocycles. The number of carboxylic acid groups (broad SMARTS) is 1. The van der Waals surface area contributed by atoms with E-state index in [0.717, 1.165) is 5.56 Å². The first-order valence-corrected chi connectivity index (χ1v) is 8.73. The molecule has 0 unspecified atom stereocenters. The molecule has 27 heavy (non-hydrogen) atoms. The van der Waals surface area contributed by atoms with E-state index in [1.165, 1.54) is 12.1 Å². The quantitative estimate of drug-likeness (QED) is 0.838. The fourth-order valence-corrected chi connectivity index (χ4v) is 3.06. The smallest absolute Gasteiger partial charge is 0.339 e. The van der Waals surface area contributed by atoms with Crippen LogP contribution in [0, 0.1) is 6.92 Å². The van der Waals surface area contributed by atoms with Gasteiger partial charge in [-0.05, 0) is 36.8 Å². The molecule has 1 aliphatic rings. The number of aromatic carboxylic acids is 1. The third-order valence-electron chi connectivity index (χ3n) is 4.65. The van der Waals surface area contributed by atoms with Gasteiger partial charge >= 0.3 is 5.97 Å². The zero-order valence-electron chi connectivity index (χ0n) is 15.1. The predicted octanol–water partition coefficient (Wildman–Crippen LogP) is 2.13.